The fraction of sp³-hybridized carbons (Fsp3) is 0.357. The highest BCUT2D eigenvalue weighted by molar-refractivity contribution is 7.89. The van der Waals surface area contributed by atoms with E-state index in [2.05, 4.69) is 10.3 Å². The number of anilines is 1. The summed E-state index contributed by atoms with van der Waals surface area (Å²) in [7, 11) is -4.20. The largest absolute Gasteiger partial charge is 0.418 e. The normalized spacial score (nSPS) is 12.4. The fourth-order valence-corrected chi connectivity index (χ4v) is 3.42. The number of aromatic nitrogens is 1. The van der Waals surface area contributed by atoms with E-state index in [4.69, 9.17) is 5.14 Å². The minimum absolute atomic E-state index is 0.192. The van der Waals surface area contributed by atoms with Gasteiger partial charge < -0.3 is 5.32 Å². The van der Waals surface area contributed by atoms with Crippen molar-refractivity contribution in [2.45, 2.75) is 30.8 Å². The monoisotopic (exact) mass is 379 g/mol. The van der Waals surface area contributed by atoms with Crippen LogP contribution < -0.4 is 10.5 Å². The molecule has 132 valence electrons. The molecule has 0 radical (unpaired) electrons. The molecule has 0 atom stereocenters. The average Bonchev–Trinajstić information content (AvgIpc) is 2.93. The highest BCUT2D eigenvalue weighted by atomic mass is 32.2. The molecule has 2 rings (SSSR count). The van der Waals surface area contributed by atoms with Gasteiger partial charge in [0.15, 0.2) is 0 Å². The van der Waals surface area contributed by atoms with Crippen molar-refractivity contribution < 1.29 is 21.6 Å². The number of primary sulfonamides is 1. The van der Waals surface area contributed by atoms with E-state index in [1.54, 1.807) is 6.20 Å². The van der Waals surface area contributed by atoms with Crippen LogP contribution in [0, 0.1) is 0 Å². The lowest BCUT2D eigenvalue weighted by Gasteiger charge is -2.15. The number of rotatable bonds is 6. The van der Waals surface area contributed by atoms with Gasteiger partial charge in [-0.25, -0.2) is 18.5 Å². The lowest BCUT2D eigenvalue weighted by molar-refractivity contribution is -0.137. The van der Waals surface area contributed by atoms with E-state index in [-0.39, 0.29) is 12.2 Å². The van der Waals surface area contributed by atoms with Gasteiger partial charge in [0.05, 0.1) is 15.5 Å². The third kappa shape index (κ3) is 4.68. The summed E-state index contributed by atoms with van der Waals surface area (Å²) in [6.07, 6.45) is -1.61. The van der Waals surface area contributed by atoms with Gasteiger partial charge in [-0.2, -0.15) is 13.2 Å². The summed E-state index contributed by atoms with van der Waals surface area (Å²) in [6, 6.07) is 2.66. The average molecular weight is 379 g/mol. The van der Waals surface area contributed by atoms with Crippen LogP contribution in [-0.4, -0.2) is 19.9 Å². The molecule has 1 aromatic carbocycles. The van der Waals surface area contributed by atoms with E-state index in [9.17, 15) is 21.6 Å². The second kappa shape index (κ2) is 7.08. The second-order valence-corrected chi connectivity index (χ2v) is 7.76. The molecule has 0 amide bonds. The molecule has 0 aliphatic heterocycles. The van der Waals surface area contributed by atoms with Crippen LogP contribution in [0.4, 0.5) is 18.9 Å². The summed E-state index contributed by atoms with van der Waals surface area (Å²) in [6.45, 7) is 2.24. The van der Waals surface area contributed by atoms with E-state index in [0.29, 0.717) is 12.5 Å². The SMILES string of the molecule is CCc1cnc(CCNc2ccc(S(N)(=O)=O)cc2C(F)(F)F)s1. The first kappa shape index (κ1) is 18.7. The lowest BCUT2D eigenvalue weighted by atomic mass is 10.1. The van der Waals surface area contributed by atoms with Gasteiger partial charge in [0.25, 0.3) is 0 Å². The number of benzene rings is 1. The quantitative estimate of drug-likeness (QED) is 0.808. The van der Waals surface area contributed by atoms with Crippen molar-refractivity contribution in [3.8, 4) is 0 Å². The Hall–Kier alpha value is -1.65. The lowest BCUT2D eigenvalue weighted by Crippen LogP contribution is -2.17. The zero-order valence-electron chi connectivity index (χ0n) is 12.7. The first-order valence-electron chi connectivity index (χ1n) is 7.02. The van der Waals surface area contributed by atoms with Crippen molar-refractivity contribution in [3.05, 3.63) is 39.8 Å². The molecule has 0 spiro atoms. The van der Waals surface area contributed by atoms with Crippen molar-refractivity contribution in [1.29, 1.82) is 0 Å². The van der Waals surface area contributed by atoms with Crippen molar-refractivity contribution in [1.82, 2.24) is 4.98 Å². The Bertz CT molecular complexity index is 817. The molecule has 1 aromatic heterocycles. The molecule has 24 heavy (non-hydrogen) atoms. The van der Waals surface area contributed by atoms with Gasteiger partial charge in [-0.3, -0.25) is 0 Å². The maximum atomic E-state index is 13.1. The fourth-order valence-electron chi connectivity index (χ4n) is 2.02. The van der Waals surface area contributed by atoms with Gasteiger partial charge in [-0.1, -0.05) is 6.92 Å². The predicted octanol–water partition coefficient (Wildman–Crippen LogP) is 3.03. The Morgan fingerprint density at radius 1 is 1.33 bits per heavy atom. The van der Waals surface area contributed by atoms with Crippen molar-refractivity contribution in [2.24, 2.45) is 5.14 Å². The summed E-state index contributed by atoms with van der Waals surface area (Å²) in [5.41, 5.74) is -1.26. The van der Waals surface area contributed by atoms with Gasteiger partial charge in [-0.15, -0.1) is 11.3 Å². The van der Waals surface area contributed by atoms with Crippen LogP contribution in [0.2, 0.25) is 0 Å². The molecule has 0 fully saturated rings. The number of hydrogen-bond acceptors (Lipinski definition) is 5. The van der Waals surface area contributed by atoms with E-state index >= 15 is 0 Å². The molecule has 0 aliphatic rings. The van der Waals surface area contributed by atoms with Crippen molar-refractivity contribution in [3.63, 3.8) is 0 Å². The number of nitrogens with two attached hydrogens (primary N) is 1. The summed E-state index contributed by atoms with van der Waals surface area (Å²) in [5.74, 6) is 0. The van der Waals surface area contributed by atoms with Crippen LogP contribution >= 0.6 is 11.3 Å². The summed E-state index contributed by atoms with van der Waals surface area (Å²) >= 11 is 1.51. The summed E-state index contributed by atoms with van der Waals surface area (Å²) in [5, 5.41) is 8.40. The van der Waals surface area contributed by atoms with E-state index < -0.39 is 26.7 Å². The highest BCUT2D eigenvalue weighted by Crippen LogP contribution is 2.36. The minimum Gasteiger partial charge on any atom is -0.384 e. The molecule has 3 N–H and O–H groups in total. The molecule has 0 saturated heterocycles. The van der Waals surface area contributed by atoms with Crippen LogP contribution in [0.1, 0.15) is 22.4 Å². The molecule has 1 heterocycles. The zero-order chi connectivity index (χ0) is 18.0. The topological polar surface area (TPSA) is 85.1 Å². The maximum Gasteiger partial charge on any atom is 0.418 e. The maximum absolute atomic E-state index is 13.1. The number of alkyl halides is 3. The molecular formula is C14H16F3N3O2S2. The Kier molecular flexibility index (Phi) is 5.51. The molecule has 10 heteroatoms. The molecule has 0 aliphatic carbocycles. The Morgan fingerprint density at radius 2 is 2.04 bits per heavy atom. The van der Waals surface area contributed by atoms with Gasteiger partial charge in [0.2, 0.25) is 10.0 Å². The zero-order valence-corrected chi connectivity index (χ0v) is 14.4. The molecule has 2 aromatic rings. The number of nitrogens with zero attached hydrogens (tertiary/aromatic N) is 1. The molecule has 5 nitrogen and oxygen atoms in total. The predicted molar refractivity (Wildman–Crippen MR) is 86.5 cm³/mol. The number of halogens is 3. The van der Waals surface area contributed by atoms with E-state index in [1.807, 2.05) is 6.92 Å². The highest BCUT2D eigenvalue weighted by Gasteiger charge is 2.34. The van der Waals surface area contributed by atoms with Gasteiger partial charge in [-0.05, 0) is 24.6 Å². The molecule has 0 saturated carbocycles. The third-order valence-corrected chi connectivity index (χ3v) is 5.34. The van der Waals surface area contributed by atoms with Crippen LogP contribution in [0.5, 0.6) is 0 Å². The summed E-state index contributed by atoms with van der Waals surface area (Å²) in [4.78, 5) is 4.73. The van der Waals surface area contributed by atoms with E-state index in [1.165, 1.54) is 11.3 Å². The van der Waals surface area contributed by atoms with Crippen LogP contribution in [0.25, 0.3) is 0 Å². The third-order valence-electron chi connectivity index (χ3n) is 3.23. The van der Waals surface area contributed by atoms with E-state index in [0.717, 1.165) is 28.4 Å². The van der Waals surface area contributed by atoms with Gasteiger partial charge in [0, 0.05) is 29.7 Å². The number of hydrogen-bond donors (Lipinski definition) is 2. The number of nitrogens with one attached hydrogen (secondary N) is 1. The van der Waals surface area contributed by atoms with Crippen LogP contribution in [0.15, 0.2) is 29.3 Å². The van der Waals surface area contributed by atoms with Gasteiger partial charge in [0.1, 0.15) is 0 Å². The summed E-state index contributed by atoms with van der Waals surface area (Å²) < 4.78 is 61.9. The molecule has 0 bridgehead atoms. The first-order valence-corrected chi connectivity index (χ1v) is 9.39. The smallest absolute Gasteiger partial charge is 0.384 e. The first-order chi connectivity index (χ1) is 11.1. The Balaban J connectivity index is 2.17. The second-order valence-electron chi connectivity index (χ2n) is 5.00. The van der Waals surface area contributed by atoms with Crippen molar-refractivity contribution in [2.75, 3.05) is 11.9 Å². The number of aryl methyl sites for hydroxylation is 1. The number of thiazole rings is 1. The Morgan fingerprint density at radius 3 is 2.58 bits per heavy atom. The van der Waals surface area contributed by atoms with Gasteiger partial charge >= 0.3 is 6.18 Å². The minimum atomic E-state index is -4.69. The number of sulfonamides is 1. The molecular weight excluding hydrogens is 363 g/mol. The standard InChI is InChI=1S/C14H16F3N3O2S2/c1-2-9-8-20-13(23-9)5-6-19-12-4-3-10(24(18,21)22)7-11(12)14(15,16)17/h3-4,7-8,19H,2,5-6H2,1H3,(H2,18,21,22). The molecule has 0 unspecified atom stereocenters. The Labute approximate surface area is 141 Å². The van der Waals surface area contributed by atoms with Crippen molar-refractivity contribution >= 4 is 27.0 Å². The van der Waals surface area contributed by atoms with Crippen LogP contribution in [0.3, 0.4) is 0 Å². The van der Waals surface area contributed by atoms with Crippen LogP contribution in [-0.2, 0) is 29.0 Å².